The third-order valence-electron chi connectivity index (χ3n) is 3.16. The molecule has 2 aromatic rings. The van der Waals surface area contributed by atoms with E-state index in [1.54, 1.807) is 25.1 Å². The smallest absolute Gasteiger partial charge is 0.231 e. The first kappa shape index (κ1) is 12.4. The molecule has 0 bridgehead atoms. The van der Waals surface area contributed by atoms with Gasteiger partial charge in [0.25, 0.3) is 0 Å². The van der Waals surface area contributed by atoms with Crippen molar-refractivity contribution < 1.29 is 14.0 Å². The van der Waals surface area contributed by atoms with Crippen molar-refractivity contribution in [2.24, 2.45) is 0 Å². The molecule has 0 unspecified atom stereocenters. The molecule has 1 aliphatic rings. The normalized spacial score (nSPS) is 12.9. The molecule has 5 nitrogen and oxygen atoms in total. The lowest BCUT2D eigenvalue weighted by Gasteiger charge is -2.18. The van der Waals surface area contributed by atoms with E-state index < -0.39 is 17.4 Å². The van der Waals surface area contributed by atoms with Crippen LogP contribution in [0.25, 0.3) is 0 Å². The molecule has 0 saturated carbocycles. The van der Waals surface area contributed by atoms with Gasteiger partial charge in [-0.05, 0) is 12.1 Å². The van der Waals surface area contributed by atoms with Crippen LogP contribution in [0.3, 0.4) is 0 Å². The van der Waals surface area contributed by atoms with Crippen LogP contribution in [0.15, 0.2) is 24.5 Å². The summed E-state index contributed by atoms with van der Waals surface area (Å²) in [6.07, 6.45) is 2.43. The summed E-state index contributed by atoms with van der Waals surface area (Å²) in [4.78, 5) is 34.1. The highest BCUT2D eigenvalue weighted by Crippen LogP contribution is 2.27. The van der Waals surface area contributed by atoms with E-state index >= 15 is 0 Å². The topological polar surface area (TPSA) is 63.2 Å². The molecule has 1 aliphatic carbocycles. The molecule has 3 rings (SSSR count). The van der Waals surface area contributed by atoms with E-state index in [0.717, 1.165) is 12.3 Å². The Balaban J connectivity index is 2.24. The number of carbonyl (C=O) groups is 2. The first-order valence-corrected chi connectivity index (χ1v) is 5.91. The number of pyridine rings is 2. The summed E-state index contributed by atoms with van der Waals surface area (Å²) in [6.45, 7) is 0. The minimum absolute atomic E-state index is 0.0137. The summed E-state index contributed by atoms with van der Waals surface area (Å²) in [7, 11) is 3.60. The molecule has 0 amide bonds. The lowest BCUT2D eigenvalue weighted by atomic mass is 9.90. The second-order valence-corrected chi connectivity index (χ2v) is 4.69. The first-order valence-electron chi connectivity index (χ1n) is 5.91. The average Bonchev–Trinajstić information content (AvgIpc) is 2.44. The number of halogens is 1. The number of hydrogen-bond donors (Lipinski definition) is 0. The Morgan fingerprint density at radius 2 is 1.55 bits per heavy atom. The van der Waals surface area contributed by atoms with Crippen molar-refractivity contribution in [1.82, 2.24) is 9.97 Å². The highest BCUT2D eigenvalue weighted by molar-refractivity contribution is 6.27. The molecular weight excluding hydrogens is 261 g/mol. The van der Waals surface area contributed by atoms with Crippen LogP contribution in [0, 0.1) is 5.82 Å². The maximum Gasteiger partial charge on any atom is 0.231 e. The number of carbonyl (C=O) groups excluding carboxylic acids is 2. The van der Waals surface area contributed by atoms with Crippen LogP contribution in [0.5, 0.6) is 0 Å². The van der Waals surface area contributed by atoms with E-state index in [1.165, 1.54) is 6.20 Å². The van der Waals surface area contributed by atoms with Gasteiger partial charge in [-0.1, -0.05) is 0 Å². The van der Waals surface area contributed by atoms with Gasteiger partial charge in [0.15, 0.2) is 5.78 Å². The molecule has 0 saturated heterocycles. The van der Waals surface area contributed by atoms with E-state index in [1.807, 2.05) is 0 Å². The number of fused-ring (bicyclic) bond motifs is 2. The van der Waals surface area contributed by atoms with Crippen LogP contribution in [0.4, 0.5) is 10.1 Å². The Morgan fingerprint density at radius 1 is 0.950 bits per heavy atom. The van der Waals surface area contributed by atoms with Crippen molar-refractivity contribution in [2.75, 3.05) is 19.0 Å². The van der Waals surface area contributed by atoms with E-state index in [-0.39, 0.29) is 22.5 Å². The number of aromatic nitrogens is 2. The monoisotopic (exact) mass is 271 g/mol. The summed E-state index contributed by atoms with van der Waals surface area (Å²) in [5.41, 5.74) is 0.875. The zero-order valence-electron chi connectivity index (χ0n) is 10.8. The largest absolute Gasteiger partial charge is 0.376 e. The molecule has 2 aromatic heterocycles. The van der Waals surface area contributed by atoms with Crippen molar-refractivity contribution in [1.29, 1.82) is 0 Å². The number of anilines is 1. The van der Waals surface area contributed by atoms with Gasteiger partial charge >= 0.3 is 0 Å². The molecule has 0 aliphatic heterocycles. The molecule has 100 valence electrons. The summed E-state index contributed by atoms with van der Waals surface area (Å²) in [6, 6.07) is 2.62. The van der Waals surface area contributed by atoms with Crippen molar-refractivity contribution in [3.8, 4) is 0 Å². The second kappa shape index (κ2) is 4.19. The minimum Gasteiger partial charge on any atom is -0.376 e. The predicted molar refractivity (Wildman–Crippen MR) is 69.6 cm³/mol. The molecule has 0 N–H and O–H groups in total. The fourth-order valence-corrected chi connectivity index (χ4v) is 2.10. The predicted octanol–water partition coefficient (Wildman–Crippen LogP) is 1.46. The molecule has 2 heterocycles. The number of rotatable bonds is 1. The average molecular weight is 271 g/mol. The summed E-state index contributed by atoms with van der Waals surface area (Å²) in [5, 5.41) is 0. The van der Waals surface area contributed by atoms with Gasteiger partial charge in [-0.3, -0.25) is 9.59 Å². The van der Waals surface area contributed by atoms with Crippen LogP contribution >= 0.6 is 0 Å². The summed E-state index contributed by atoms with van der Waals surface area (Å²) < 4.78 is 13.2. The maximum absolute atomic E-state index is 13.2. The van der Waals surface area contributed by atoms with E-state index in [4.69, 9.17) is 0 Å². The molecule has 20 heavy (non-hydrogen) atoms. The molecule has 0 atom stereocenters. The van der Waals surface area contributed by atoms with Crippen LogP contribution in [0.2, 0.25) is 0 Å². The Bertz CT molecular complexity index is 756. The molecule has 0 spiro atoms. The van der Waals surface area contributed by atoms with Gasteiger partial charge in [0, 0.05) is 14.1 Å². The van der Waals surface area contributed by atoms with Gasteiger partial charge in [-0.25, -0.2) is 14.4 Å². The Kier molecular flexibility index (Phi) is 2.60. The molecular formula is C14H10FN3O2. The lowest BCUT2D eigenvalue weighted by Crippen LogP contribution is -2.24. The van der Waals surface area contributed by atoms with Crippen molar-refractivity contribution >= 4 is 17.3 Å². The molecule has 0 radical (unpaired) electrons. The Labute approximate surface area is 114 Å². The SMILES string of the molecule is CN(C)c1cnc2c(c1)C(=O)c1cc(F)cnc1C2=O. The maximum atomic E-state index is 13.2. The van der Waals surface area contributed by atoms with Crippen molar-refractivity contribution in [3.63, 3.8) is 0 Å². The molecule has 0 fully saturated rings. The van der Waals surface area contributed by atoms with E-state index in [0.29, 0.717) is 5.69 Å². The summed E-state index contributed by atoms with van der Waals surface area (Å²) >= 11 is 0. The van der Waals surface area contributed by atoms with E-state index in [9.17, 15) is 14.0 Å². The van der Waals surface area contributed by atoms with Crippen molar-refractivity contribution in [2.45, 2.75) is 0 Å². The Hall–Kier alpha value is -2.63. The van der Waals surface area contributed by atoms with Gasteiger partial charge in [0.1, 0.15) is 17.2 Å². The van der Waals surface area contributed by atoms with Gasteiger partial charge in [-0.2, -0.15) is 0 Å². The first-order chi connectivity index (χ1) is 9.49. The highest BCUT2D eigenvalue weighted by Gasteiger charge is 2.32. The number of ketones is 2. The Morgan fingerprint density at radius 3 is 2.20 bits per heavy atom. The van der Waals surface area contributed by atoms with Crippen LogP contribution < -0.4 is 4.90 Å². The number of hydrogen-bond acceptors (Lipinski definition) is 5. The van der Waals surface area contributed by atoms with Gasteiger partial charge in [-0.15, -0.1) is 0 Å². The van der Waals surface area contributed by atoms with Crippen LogP contribution in [-0.4, -0.2) is 35.6 Å². The quantitative estimate of drug-likeness (QED) is 0.670. The molecule has 0 aromatic carbocycles. The lowest BCUT2D eigenvalue weighted by molar-refractivity contribution is 0.0971. The van der Waals surface area contributed by atoms with Crippen LogP contribution in [-0.2, 0) is 0 Å². The minimum atomic E-state index is -0.648. The fourth-order valence-electron chi connectivity index (χ4n) is 2.10. The zero-order chi connectivity index (χ0) is 14.4. The van der Waals surface area contributed by atoms with Crippen LogP contribution in [0.1, 0.15) is 32.1 Å². The summed E-state index contributed by atoms with van der Waals surface area (Å²) in [5.74, 6) is -1.54. The van der Waals surface area contributed by atoms with Crippen molar-refractivity contribution in [3.05, 3.63) is 52.9 Å². The third kappa shape index (κ3) is 1.69. The van der Waals surface area contributed by atoms with E-state index in [2.05, 4.69) is 9.97 Å². The zero-order valence-corrected chi connectivity index (χ0v) is 10.8. The highest BCUT2D eigenvalue weighted by atomic mass is 19.1. The second-order valence-electron chi connectivity index (χ2n) is 4.69. The van der Waals surface area contributed by atoms with Gasteiger partial charge in [0.2, 0.25) is 5.78 Å². The standard InChI is InChI=1S/C14H10FN3O2/c1-18(2)8-4-10-12(17-6-8)14(20)11-9(13(10)19)3-7(15)5-16-11/h3-6H,1-2H3. The number of nitrogens with zero attached hydrogens (tertiary/aromatic N) is 3. The third-order valence-corrected chi connectivity index (χ3v) is 3.16. The molecule has 6 heteroatoms. The van der Waals surface area contributed by atoms with Gasteiger partial charge in [0.05, 0.1) is 29.2 Å². The van der Waals surface area contributed by atoms with Gasteiger partial charge < -0.3 is 4.90 Å². The fraction of sp³-hybridized carbons (Fsp3) is 0.143.